The second kappa shape index (κ2) is 41.4. The number of amides is 2. The first-order chi connectivity index (χ1) is 52.4. The van der Waals surface area contributed by atoms with Crippen molar-refractivity contribution in [2.45, 2.75) is 328 Å². The minimum absolute atomic E-state index is 0. The normalized spacial score (nSPS) is 16.9. The summed E-state index contributed by atoms with van der Waals surface area (Å²) in [5, 5.41) is 5.17. The highest BCUT2D eigenvalue weighted by Crippen LogP contribution is 2.55. The predicted molar refractivity (Wildman–Crippen MR) is 483 cm³/mol. The number of carbonyl (C=O) groups is 2. The van der Waals surface area contributed by atoms with Crippen LogP contribution in [-0.4, -0.2) is 48.2 Å². The van der Waals surface area contributed by atoms with Crippen LogP contribution in [0.3, 0.4) is 0 Å². The van der Waals surface area contributed by atoms with Gasteiger partial charge in [-0.1, -0.05) is 295 Å². The van der Waals surface area contributed by atoms with Crippen molar-refractivity contribution in [3.05, 3.63) is 99.0 Å². The van der Waals surface area contributed by atoms with Gasteiger partial charge in [-0.25, -0.2) is 17.6 Å². The van der Waals surface area contributed by atoms with E-state index in [4.69, 9.17) is 8.75 Å². The Morgan fingerprint density at radius 1 is 0.391 bits per heavy atom. The smallest absolute Gasteiger partial charge is 0.262 e. The average Bonchev–Trinajstić information content (AvgIpc) is 1.55. The maximum Gasteiger partial charge on any atom is 0.262 e. The van der Waals surface area contributed by atoms with Gasteiger partial charge in [0.15, 0.2) is 23.3 Å². The van der Waals surface area contributed by atoms with E-state index >= 15 is 22.4 Å². The van der Waals surface area contributed by atoms with E-state index < -0.39 is 50.5 Å². The van der Waals surface area contributed by atoms with Gasteiger partial charge in [-0.15, -0.1) is 56.7 Å². The van der Waals surface area contributed by atoms with Crippen molar-refractivity contribution in [1.29, 1.82) is 0 Å². The predicted octanol–water partition coefficient (Wildman–Crippen LogP) is 30.6. The van der Waals surface area contributed by atoms with Crippen molar-refractivity contribution in [3.8, 4) is 60.6 Å². The number of halogens is 4. The van der Waals surface area contributed by atoms with Crippen LogP contribution in [0.15, 0.2) is 54.1 Å². The molecule has 4 atom stereocenters. The van der Waals surface area contributed by atoms with Gasteiger partial charge in [0.05, 0.1) is 34.0 Å². The largest absolute Gasteiger partial charge is 0.274 e. The van der Waals surface area contributed by atoms with Gasteiger partial charge < -0.3 is 0 Å². The van der Waals surface area contributed by atoms with Crippen molar-refractivity contribution in [2.24, 2.45) is 23.7 Å². The van der Waals surface area contributed by atoms with Crippen LogP contribution < -0.4 is 20.7 Å². The van der Waals surface area contributed by atoms with Gasteiger partial charge in [-0.3, -0.25) is 14.5 Å². The minimum Gasteiger partial charge on any atom is -0.274 e. The minimum atomic E-state index is -2.84. The number of aromatic nitrogens is 2. The number of fused-ring (bicyclic) bond motifs is 8. The molecule has 12 rings (SSSR count). The van der Waals surface area contributed by atoms with E-state index in [2.05, 4.69) is 126 Å². The van der Waals surface area contributed by atoms with Crippen LogP contribution in [0.2, 0.25) is 24.2 Å². The number of hydrogen-bond donors (Lipinski definition) is 0. The SMILES string of the molecule is C.C.CCCCCCCCCC.CCCCCCCCCCN1C(=O)c2c(c(-c3ccc(-c4cc5c(s4)-c4sc(-c6c(F)c(F)c(-c7cc8c(s7)-c7sc(C)cc7[Si]8(CC(CC)CCCC)CC(CC)CCCC)c(F)c6F)cc4[Si]5(CC(CC)CC)CC(CC)CCCC)s3)c3nsnc3c2C2=CC=C(C)C2)C1=O. The van der Waals surface area contributed by atoms with Crippen LogP contribution in [0.1, 0.15) is 328 Å². The molecule has 0 radical (unpaired) electrons. The maximum absolute atomic E-state index is 17.9. The molecule has 0 saturated carbocycles. The first-order valence-electron chi connectivity index (χ1n) is 42.5. The van der Waals surface area contributed by atoms with E-state index in [0.717, 1.165) is 197 Å². The molecule has 0 fully saturated rings. The Balaban J connectivity index is 0.00000108. The summed E-state index contributed by atoms with van der Waals surface area (Å²) in [5.74, 6) is -4.01. The molecular weight excluding hydrogens is 1520 g/mol. The average molecular weight is 1650 g/mol. The summed E-state index contributed by atoms with van der Waals surface area (Å²) < 4.78 is 81.1. The molecule has 17 heteroatoms. The van der Waals surface area contributed by atoms with Crippen LogP contribution in [0.25, 0.3) is 77.2 Å². The molecule has 5 nitrogen and oxygen atoms in total. The number of benzene rings is 2. The maximum atomic E-state index is 17.9. The Bertz CT molecular complexity index is 4390. The fourth-order valence-corrected chi connectivity index (χ4v) is 41.1. The Morgan fingerprint density at radius 3 is 1.17 bits per heavy atom. The third kappa shape index (κ3) is 18.5. The first kappa shape index (κ1) is 89.5. The zero-order valence-corrected chi connectivity index (χ0v) is 74.4. The van der Waals surface area contributed by atoms with Crippen molar-refractivity contribution in [1.82, 2.24) is 13.6 Å². The third-order valence-corrected chi connectivity index (χ3v) is 43.1. The Hall–Kier alpha value is -4.47. The molecule has 2 amide bonds. The molecular formula is C93H131F4N3O2S6Si2. The lowest BCUT2D eigenvalue weighted by atomic mass is 9.89. The summed E-state index contributed by atoms with van der Waals surface area (Å²) in [6.45, 7) is 29.6. The lowest BCUT2D eigenvalue weighted by molar-refractivity contribution is 0.0651. The zero-order chi connectivity index (χ0) is 77.0. The van der Waals surface area contributed by atoms with Crippen LogP contribution in [-0.2, 0) is 0 Å². The van der Waals surface area contributed by atoms with E-state index in [9.17, 15) is 4.79 Å². The lowest BCUT2D eigenvalue weighted by Gasteiger charge is -2.35. The van der Waals surface area contributed by atoms with Gasteiger partial charge >= 0.3 is 0 Å². The molecule has 3 aliphatic heterocycles. The monoisotopic (exact) mass is 1650 g/mol. The number of unbranched alkanes of at least 4 members (excludes halogenated alkanes) is 17. The van der Waals surface area contributed by atoms with Crippen molar-refractivity contribution >= 4 is 134 Å². The molecule has 9 heterocycles. The number of aryl methyl sites for hydroxylation is 1. The zero-order valence-electron chi connectivity index (χ0n) is 67.5. The standard InChI is InChI=1S/C81H101F4N3O2S6Si2.C10H22.2CH4/c1-12-21-25-26-27-28-29-30-38-88-80(89)68-64(54-35-34-48(10)39-54)74-75(87-96-86-74)65(69(68)81(88)90)56-37-36-55(92-56)57-41-61-78(93-57)79-63(97(61,44-50(16-5)17-6)45-51(18-7)31-22-13-2)43-59(95-79)67-72(84)70(82)66(71(83)73(67)85)58-42-62-77(94-58)76-60(40-49(11)91-76)98(62,46-52(19-8)32-23-14-3)47-53(20-9)33-24-15-4;1-3-5-7-9-10-8-6-4-2;;/h34-37,40-43,50-53H,12-33,38-39,44-47H2,1-11H3;3-10H2,1-2H3;2*1H4. The van der Waals surface area contributed by atoms with E-state index in [-0.39, 0.29) is 36.4 Å². The van der Waals surface area contributed by atoms with Gasteiger partial charge in [0.2, 0.25) is 0 Å². The number of hydrogen-bond acceptors (Lipinski definition) is 10. The summed E-state index contributed by atoms with van der Waals surface area (Å²) in [6.07, 6.45) is 40.3. The summed E-state index contributed by atoms with van der Waals surface area (Å²) in [5.41, 5.74) is 4.45. The number of rotatable bonds is 43. The quantitative estimate of drug-likeness (QED) is 0.0126. The van der Waals surface area contributed by atoms with E-state index in [1.54, 1.807) is 34.0 Å². The second-order valence-corrected chi connectivity index (χ2v) is 46.6. The number of carbonyl (C=O) groups excluding carboxylic acids is 2. The van der Waals surface area contributed by atoms with Crippen LogP contribution >= 0.6 is 68.4 Å². The third-order valence-electron chi connectivity index (χ3n) is 24.9. The number of thiophene rings is 5. The molecule has 2 aromatic carbocycles. The molecule has 0 spiro atoms. The highest BCUT2D eigenvalue weighted by atomic mass is 32.1. The summed E-state index contributed by atoms with van der Waals surface area (Å²) in [7, 11) is -5.39. The molecule has 1 aliphatic carbocycles. The summed E-state index contributed by atoms with van der Waals surface area (Å²) >= 11 is 8.81. The highest BCUT2D eigenvalue weighted by Gasteiger charge is 2.53. The Morgan fingerprint density at radius 2 is 0.755 bits per heavy atom. The number of imide groups is 1. The molecule has 0 saturated heterocycles. The van der Waals surface area contributed by atoms with Crippen molar-refractivity contribution in [3.63, 3.8) is 0 Å². The van der Waals surface area contributed by atoms with Crippen LogP contribution in [0.5, 0.6) is 0 Å². The van der Waals surface area contributed by atoms with Crippen molar-refractivity contribution in [2.75, 3.05) is 6.54 Å². The lowest BCUT2D eigenvalue weighted by Crippen LogP contribution is -2.56. The second-order valence-electron chi connectivity index (χ2n) is 32.4. The van der Waals surface area contributed by atoms with Crippen LogP contribution in [0.4, 0.5) is 17.6 Å². The van der Waals surface area contributed by atoms with Gasteiger partial charge in [-0.05, 0) is 137 Å². The molecule has 4 aliphatic rings. The Labute approximate surface area is 686 Å². The fraction of sp³-hybridized carbons (Fsp3) is 0.591. The van der Waals surface area contributed by atoms with Gasteiger partial charge in [0.1, 0.15) is 27.2 Å². The van der Waals surface area contributed by atoms with E-state index in [1.165, 1.54) is 136 Å². The highest BCUT2D eigenvalue weighted by molar-refractivity contribution is 7.33. The molecule has 4 unspecified atom stereocenters. The topological polar surface area (TPSA) is 63.2 Å². The Kier molecular flexibility index (Phi) is 33.7. The fourth-order valence-electron chi connectivity index (χ4n) is 18.5. The van der Waals surface area contributed by atoms with Crippen LogP contribution in [0, 0.1) is 53.9 Å². The van der Waals surface area contributed by atoms with Gasteiger partial charge in [0, 0.05) is 66.4 Å². The molecule has 602 valence electrons. The van der Waals surface area contributed by atoms with E-state index in [0.29, 0.717) is 64.4 Å². The number of nitrogens with zero attached hydrogens (tertiary/aromatic N) is 3. The molecule has 110 heavy (non-hydrogen) atoms. The van der Waals surface area contributed by atoms with Gasteiger partial charge in [-0.2, -0.15) is 8.75 Å². The molecule has 0 N–H and O–H groups in total. The molecule has 6 aromatic heterocycles. The molecule has 8 aromatic rings. The van der Waals surface area contributed by atoms with E-state index in [1.807, 2.05) is 12.1 Å². The number of allylic oxidation sites excluding steroid dienone is 4. The first-order valence-corrected chi connectivity index (χ1v) is 52.1. The van der Waals surface area contributed by atoms with Crippen molar-refractivity contribution < 1.29 is 27.2 Å². The summed E-state index contributed by atoms with van der Waals surface area (Å²) in [4.78, 5) is 40.6. The molecule has 0 bridgehead atoms. The van der Waals surface area contributed by atoms with Gasteiger partial charge in [0.25, 0.3) is 11.8 Å². The summed E-state index contributed by atoms with van der Waals surface area (Å²) in [6, 6.07) is 17.1.